The Bertz CT molecular complexity index is 745. The molecule has 1 fully saturated rings. The van der Waals surface area contributed by atoms with Crippen molar-refractivity contribution >= 4 is 35.6 Å². The van der Waals surface area contributed by atoms with Gasteiger partial charge in [0.25, 0.3) is 5.91 Å². The van der Waals surface area contributed by atoms with E-state index >= 15 is 0 Å². The maximum atomic E-state index is 12.2. The van der Waals surface area contributed by atoms with Crippen LogP contribution in [0.25, 0.3) is 6.08 Å². The molecule has 2 heterocycles. The number of hydrogen-bond acceptors (Lipinski definition) is 6. The van der Waals surface area contributed by atoms with Gasteiger partial charge in [0, 0.05) is 6.07 Å². The number of fused-ring (bicyclic) bond motifs is 1. The third kappa shape index (κ3) is 2.80. The van der Waals surface area contributed by atoms with Crippen molar-refractivity contribution in [2.45, 2.75) is 0 Å². The number of nitrogens with zero attached hydrogens (tertiary/aromatic N) is 1. The molecule has 0 radical (unpaired) electrons. The molecule has 0 saturated carbocycles. The molecule has 0 aromatic heterocycles. The first-order chi connectivity index (χ1) is 11.0. The maximum Gasteiger partial charge on any atom is 0.329 e. The predicted molar refractivity (Wildman–Crippen MR) is 77.8 cm³/mol. The number of carbonyl (C=O) groups is 3. The molecule has 1 saturated heterocycles. The smallest absolute Gasteiger partial charge is 0.329 e. The number of carbonyl (C=O) groups excluding carboxylic acids is 3. The van der Waals surface area contributed by atoms with Crippen LogP contribution in [0.2, 0.25) is 5.02 Å². The van der Waals surface area contributed by atoms with Crippen LogP contribution in [0.1, 0.15) is 5.56 Å². The number of rotatable bonds is 3. The van der Waals surface area contributed by atoms with Crippen LogP contribution in [0.15, 0.2) is 17.8 Å². The predicted octanol–water partition coefficient (Wildman–Crippen LogP) is 1.13. The second-order valence-corrected chi connectivity index (χ2v) is 5.09. The normalized spacial score (nSPS) is 17.7. The first kappa shape index (κ1) is 15.2. The monoisotopic (exact) mass is 338 g/mol. The van der Waals surface area contributed by atoms with Crippen molar-refractivity contribution in [1.82, 2.24) is 10.2 Å². The summed E-state index contributed by atoms with van der Waals surface area (Å²) in [6, 6.07) is 2.45. The van der Waals surface area contributed by atoms with E-state index in [1.807, 2.05) is 0 Å². The van der Waals surface area contributed by atoms with Crippen LogP contribution in [0, 0.1) is 0 Å². The molecule has 1 aromatic rings. The second kappa shape index (κ2) is 5.81. The average molecular weight is 339 g/mol. The largest absolute Gasteiger partial charge is 0.468 e. The average Bonchev–Trinajstić information content (AvgIpc) is 3.07. The Morgan fingerprint density at radius 1 is 1.39 bits per heavy atom. The van der Waals surface area contributed by atoms with Gasteiger partial charge in [-0.3, -0.25) is 9.59 Å². The van der Waals surface area contributed by atoms with Crippen LogP contribution in [-0.2, 0) is 14.3 Å². The van der Waals surface area contributed by atoms with E-state index in [-0.39, 0.29) is 12.5 Å². The Kier molecular flexibility index (Phi) is 3.83. The summed E-state index contributed by atoms with van der Waals surface area (Å²) in [6.45, 7) is -0.373. The maximum absolute atomic E-state index is 12.2. The summed E-state index contributed by atoms with van der Waals surface area (Å²) >= 11 is 6.12. The summed E-state index contributed by atoms with van der Waals surface area (Å²) in [4.78, 5) is 35.9. The van der Waals surface area contributed by atoms with Crippen molar-refractivity contribution in [1.29, 1.82) is 0 Å². The summed E-state index contributed by atoms with van der Waals surface area (Å²) in [7, 11) is 1.17. The third-order valence-electron chi connectivity index (χ3n) is 3.27. The van der Waals surface area contributed by atoms with Crippen molar-refractivity contribution < 1.29 is 28.6 Å². The lowest BCUT2D eigenvalue weighted by molar-refractivity contribution is -0.143. The lowest BCUT2D eigenvalue weighted by atomic mass is 10.1. The Hall–Kier alpha value is -2.74. The molecule has 0 unspecified atom stereocenters. The van der Waals surface area contributed by atoms with Gasteiger partial charge in [0.2, 0.25) is 6.79 Å². The van der Waals surface area contributed by atoms with E-state index in [4.69, 9.17) is 21.1 Å². The molecule has 1 aromatic carbocycles. The number of urea groups is 1. The Morgan fingerprint density at radius 3 is 2.78 bits per heavy atom. The molecule has 0 spiro atoms. The molecule has 23 heavy (non-hydrogen) atoms. The number of hydrogen-bond donors (Lipinski definition) is 1. The van der Waals surface area contributed by atoms with Gasteiger partial charge in [-0.25, -0.2) is 9.69 Å². The van der Waals surface area contributed by atoms with Gasteiger partial charge in [-0.05, 0) is 17.7 Å². The van der Waals surface area contributed by atoms with Crippen molar-refractivity contribution in [3.05, 3.63) is 28.4 Å². The number of esters is 1. The molecule has 0 bridgehead atoms. The third-order valence-corrected chi connectivity index (χ3v) is 3.60. The topological polar surface area (TPSA) is 94.2 Å². The van der Waals surface area contributed by atoms with Crippen LogP contribution < -0.4 is 14.8 Å². The highest BCUT2D eigenvalue weighted by molar-refractivity contribution is 6.32. The highest BCUT2D eigenvalue weighted by Crippen LogP contribution is 2.37. The highest BCUT2D eigenvalue weighted by atomic mass is 35.5. The molecule has 120 valence electrons. The summed E-state index contributed by atoms with van der Waals surface area (Å²) < 4.78 is 14.9. The van der Waals surface area contributed by atoms with Gasteiger partial charge in [-0.2, -0.15) is 0 Å². The van der Waals surface area contributed by atoms with Gasteiger partial charge < -0.3 is 19.5 Å². The fourth-order valence-corrected chi connectivity index (χ4v) is 2.32. The summed E-state index contributed by atoms with van der Waals surface area (Å²) in [5, 5.41) is 2.72. The van der Waals surface area contributed by atoms with E-state index in [1.165, 1.54) is 13.2 Å². The van der Waals surface area contributed by atoms with Crippen molar-refractivity contribution in [3.63, 3.8) is 0 Å². The number of amides is 3. The zero-order valence-corrected chi connectivity index (χ0v) is 12.7. The summed E-state index contributed by atoms with van der Waals surface area (Å²) in [5.74, 6) is -0.347. The molecule has 2 aliphatic heterocycles. The molecule has 0 atom stereocenters. The molecule has 1 N–H and O–H groups in total. The zero-order valence-electron chi connectivity index (χ0n) is 11.9. The first-order valence-electron chi connectivity index (χ1n) is 6.50. The molecule has 8 nitrogen and oxygen atoms in total. The van der Waals surface area contributed by atoms with Crippen LogP contribution in [0.3, 0.4) is 0 Å². The zero-order chi connectivity index (χ0) is 16.6. The number of ether oxygens (including phenoxy) is 3. The minimum Gasteiger partial charge on any atom is -0.468 e. The summed E-state index contributed by atoms with van der Waals surface area (Å²) in [6.07, 6.45) is 1.40. The minimum atomic E-state index is -0.705. The van der Waals surface area contributed by atoms with Crippen LogP contribution >= 0.6 is 11.6 Å². The van der Waals surface area contributed by atoms with Crippen LogP contribution in [-0.4, -0.2) is 43.3 Å². The molecule has 3 amide bonds. The van der Waals surface area contributed by atoms with Gasteiger partial charge in [-0.1, -0.05) is 11.6 Å². The van der Waals surface area contributed by atoms with Crippen molar-refractivity contribution in [3.8, 4) is 11.5 Å². The molecular formula is C14H11ClN2O6. The lowest BCUT2D eigenvalue weighted by Crippen LogP contribution is -2.36. The van der Waals surface area contributed by atoms with E-state index in [0.29, 0.717) is 22.1 Å². The standard InChI is InChI=1S/C14H11ClN2O6/c1-21-12(18)5-17-13(19)9(16-14(17)20)2-7-3-10-11(4-8(7)15)23-6-22-10/h2-4H,5-6H2,1H3,(H,16,20)/b9-2+. The van der Waals surface area contributed by atoms with E-state index in [9.17, 15) is 14.4 Å². The quantitative estimate of drug-likeness (QED) is 0.504. The Labute approximate surface area is 135 Å². The first-order valence-corrected chi connectivity index (χ1v) is 6.88. The Balaban J connectivity index is 1.88. The van der Waals surface area contributed by atoms with Crippen LogP contribution in [0.4, 0.5) is 4.79 Å². The number of benzene rings is 1. The Morgan fingerprint density at radius 2 is 2.09 bits per heavy atom. The van der Waals surface area contributed by atoms with Gasteiger partial charge in [-0.15, -0.1) is 0 Å². The van der Waals surface area contributed by atoms with Gasteiger partial charge in [0.05, 0.1) is 12.1 Å². The van der Waals surface area contributed by atoms with E-state index in [0.717, 1.165) is 4.90 Å². The van der Waals surface area contributed by atoms with Crippen LogP contribution in [0.5, 0.6) is 11.5 Å². The number of methoxy groups -OCH3 is 1. The minimum absolute atomic E-state index is 0.000307. The van der Waals surface area contributed by atoms with E-state index < -0.39 is 24.5 Å². The number of halogens is 1. The fourth-order valence-electron chi connectivity index (χ4n) is 2.11. The van der Waals surface area contributed by atoms with Gasteiger partial charge in [0.15, 0.2) is 11.5 Å². The molecule has 0 aliphatic carbocycles. The molecular weight excluding hydrogens is 328 g/mol. The highest BCUT2D eigenvalue weighted by Gasteiger charge is 2.35. The molecule has 3 rings (SSSR count). The number of imide groups is 1. The summed E-state index contributed by atoms with van der Waals surface area (Å²) in [5.41, 5.74) is 0.471. The number of nitrogens with one attached hydrogen (secondary N) is 1. The second-order valence-electron chi connectivity index (χ2n) is 4.68. The van der Waals surface area contributed by atoms with Crippen molar-refractivity contribution in [2.24, 2.45) is 0 Å². The van der Waals surface area contributed by atoms with Crippen molar-refractivity contribution in [2.75, 3.05) is 20.4 Å². The fraction of sp³-hybridized carbons (Fsp3) is 0.214. The van der Waals surface area contributed by atoms with E-state index in [2.05, 4.69) is 10.1 Å². The van der Waals surface area contributed by atoms with E-state index in [1.54, 1.807) is 12.1 Å². The van der Waals surface area contributed by atoms with Gasteiger partial charge in [0.1, 0.15) is 12.2 Å². The molecule has 9 heteroatoms. The SMILES string of the molecule is COC(=O)CN1C(=O)N/C(=C/c2cc3c(cc2Cl)OCO3)C1=O. The lowest BCUT2D eigenvalue weighted by Gasteiger charge is -2.09. The van der Waals surface area contributed by atoms with Gasteiger partial charge >= 0.3 is 12.0 Å². The molecule has 2 aliphatic rings.